The second-order valence-electron chi connectivity index (χ2n) is 18.1. The number of benzene rings is 3. The number of hydrogen-bond donors (Lipinski definition) is 0. The number of nitrogens with zero attached hydrogens (tertiary/aromatic N) is 1. The summed E-state index contributed by atoms with van der Waals surface area (Å²) in [5.74, 6) is 4.92. The number of rotatable bonds is 5. The second kappa shape index (κ2) is 14.3. The minimum atomic E-state index is 0.395. The summed E-state index contributed by atoms with van der Waals surface area (Å²) in [6.45, 7) is 0. The van der Waals surface area contributed by atoms with Crippen LogP contribution in [0.4, 0.5) is 0 Å². The molecule has 9 unspecified atom stereocenters. The summed E-state index contributed by atoms with van der Waals surface area (Å²) in [6, 6.07) is 29.4. The predicted molar refractivity (Wildman–Crippen MR) is 245 cm³/mol. The van der Waals surface area contributed by atoms with Crippen LogP contribution in [0, 0.1) is 47.3 Å². The SMILES string of the molecule is C1=CCC(C2C=C(c3ccccc3)C=C([C@H]3CC4CCC(C5C=Cc6c(c7ccccc7n6C6=CC=CC7c8ccccc8SC67)C5)C=C4C4C=CC=CC43)C2)C=C1. The lowest BCUT2D eigenvalue weighted by molar-refractivity contribution is 0.216. The molecule has 58 heavy (non-hydrogen) atoms. The van der Waals surface area contributed by atoms with Crippen LogP contribution in [0.3, 0.4) is 0 Å². The molecule has 1 fully saturated rings. The van der Waals surface area contributed by atoms with E-state index in [4.69, 9.17) is 0 Å². The molecular formula is C56H51NS. The van der Waals surface area contributed by atoms with Crippen molar-refractivity contribution in [1.29, 1.82) is 0 Å². The van der Waals surface area contributed by atoms with Crippen LogP contribution in [0.2, 0.25) is 0 Å². The molecule has 7 aliphatic carbocycles. The molecule has 10 atom stereocenters. The number of para-hydroxylation sites is 1. The molecule has 1 aliphatic heterocycles. The Bertz CT molecular complexity index is 2610. The molecular weight excluding hydrogens is 719 g/mol. The lowest BCUT2D eigenvalue weighted by atomic mass is 9.57. The Balaban J connectivity index is 0.845. The first kappa shape index (κ1) is 34.9. The van der Waals surface area contributed by atoms with Gasteiger partial charge in [-0.2, -0.15) is 0 Å². The first-order valence-electron chi connectivity index (χ1n) is 22.1. The van der Waals surface area contributed by atoms with E-state index in [0.717, 1.165) is 12.8 Å². The minimum absolute atomic E-state index is 0.395. The van der Waals surface area contributed by atoms with Crippen LogP contribution in [0.25, 0.3) is 28.2 Å². The van der Waals surface area contributed by atoms with Crippen LogP contribution in [0.15, 0.2) is 186 Å². The van der Waals surface area contributed by atoms with E-state index in [0.29, 0.717) is 58.5 Å². The number of thioether (sulfide) groups is 1. The van der Waals surface area contributed by atoms with E-state index >= 15 is 0 Å². The van der Waals surface area contributed by atoms with E-state index in [1.165, 1.54) is 69.6 Å². The maximum absolute atomic E-state index is 2.81. The summed E-state index contributed by atoms with van der Waals surface area (Å²) in [7, 11) is 0. The van der Waals surface area contributed by atoms with Crippen LogP contribution in [-0.2, 0) is 6.42 Å². The van der Waals surface area contributed by atoms with Gasteiger partial charge in [0.1, 0.15) is 0 Å². The highest BCUT2D eigenvalue weighted by atomic mass is 32.2. The van der Waals surface area contributed by atoms with Gasteiger partial charge < -0.3 is 4.57 Å². The second-order valence-corrected chi connectivity index (χ2v) is 19.3. The van der Waals surface area contributed by atoms with Crippen LogP contribution in [-0.4, -0.2) is 9.82 Å². The normalized spacial score (nSPS) is 32.7. The molecule has 0 N–H and O–H groups in total. The molecule has 0 amide bonds. The fraction of sp³-hybridized carbons (Fsp3) is 0.286. The first-order chi connectivity index (χ1) is 28.7. The Morgan fingerprint density at radius 3 is 2.43 bits per heavy atom. The Labute approximate surface area is 348 Å². The fourth-order valence-electron chi connectivity index (χ4n) is 12.4. The summed E-state index contributed by atoms with van der Waals surface area (Å²) < 4.78 is 2.63. The third-order valence-corrected chi connectivity index (χ3v) is 16.6. The molecule has 286 valence electrons. The molecule has 8 aliphatic rings. The highest BCUT2D eigenvalue weighted by Gasteiger charge is 2.44. The third kappa shape index (κ3) is 5.81. The van der Waals surface area contributed by atoms with Gasteiger partial charge in [-0.1, -0.05) is 163 Å². The monoisotopic (exact) mass is 769 g/mol. The lowest BCUT2D eigenvalue weighted by Crippen LogP contribution is -2.38. The molecule has 0 saturated heterocycles. The van der Waals surface area contributed by atoms with E-state index in [1.54, 1.807) is 16.7 Å². The molecule has 1 aromatic heterocycles. The van der Waals surface area contributed by atoms with Crippen LogP contribution in [0.1, 0.15) is 60.4 Å². The maximum Gasteiger partial charge on any atom is 0.0604 e. The predicted octanol–water partition coefficient (Wildman–Crippen LogP) is 14.0. The minimum Gasteiger partial charge on any atom is -0.312 e. The topological polar surface area (TPSA) is 4.93 Å². The zero-order valence-corrected chi connectivity index (χ0v) is 33.9. The molecule has 1 nitrogen and oxygen atoms in total. The van der Waals surface area contributed by atoms with Crippen molar-refractivity contribution in [3.05, 3.63) is 204 Å². The zero-order chi connectivity index (χ0) is 38.2. The summed E-state index contributed by atoms with van der Waals surface area (Å²) in [5.41, 5.74) is 13.4. The van der Waals surface area contributed by atoms with Gasteiger partial charge >= 0.3 is 0 Å². The highest BCUT2D eigenvalue weighted by Crippen LogP contribution is 2.56. The van der Waals surface area contributed by atoms with Crippen LogP contribution < -0.4 is 0 Å². The molecule has 4 aromatic rings. The fourth-order valence-corrected chi connectivity index (χ4v) is 13.9. The lowest BCUT2D eigenvalue weighted by Gasteiger charge is -2.48. The van der Waals surface area contributed by atoms with Crippen molar-refractivity contribution in [3.8, 4) is 0 Å². The van der Waals surface area contributed by atoms with Crippen LogP contribution in [0.5, 0.6) is 0 Å². The van der Waals surface area contributed by atoms with Gasteiger partial charge in [0.25, 0.3) is 0 Å². The van der Waals surface area contributed by atoms with Crippen molar-refractivity contribution in [2.24, 2.45) is 47.3 Å². The van der Waals surface area contributed by atoms with Gasteiger partial charge in [0.05, 0.1) is 10.8 Å². The van der Waals surface area contributed by atoms with Crippen molar-refractivity contribution in [3.63, 3.8) is 0 Å². The van der Waals surface area contributed by atoms with Gasteiger partial charge in [-0.05, 0) is 126 Å². The highest BCUT2D eigenvalue weighted by molar-refractivity contribution is 8.00. The molecule has 12 rings (SSSR count). The Morgan fingerprint density at radius 1 is 0.655 bits per heavy atom. The average molecular weight is 770 g/mol. The Hall–Kier alpha value is -5.05. The molecule has 0 radical (unpaired) electrons. The maximum atomic E-state index is 2.81. The standard InChI is InChI=1S/C56H51NS/c1-3-14-36(15-4-1)41-30-42(37-16-5-2-6-17-37)32-43(31-41)50-35-40-27-26-38(33-49(40)44-18-7-8-19-45(44)50)39-28-29-53-51(34-39)46-20-9-11-23-52(46)57(53)54-24-13-22-48-47-21-10-12-25-55(47)58-56(48)54/h1-16,18-25,28-31,33,37-40,42,44-45,48,50,56H,17,26-27,32,34-35H2/t37?,38?,39?,40?,42?,44?,45?,48?,50-,56?/m1/s1. The zero-order valence-electron chi connectivity index (χ0n) is 33.1. The quantitative estimate of drug-likeness (QED) is 0.183. The summed E-state index contributed by atoms with van der Waals surface area (Å²) in [6.07, 6.45) is 46.8. The number of allylic oxidation sites excluding steroid dienone is 18. The summed E-state index contributed by atoms with van der Waals surface area (Å²) >= 11 is 2.05. The van der Waals surface area contributed by atoms with Gasteiger partial charge in [-0.25, -0.2) is 0 Å². The van der Waals surface area contributed by atoms with E-state index < -0.39 is 0 Å². The molecule has 1 saturated carbocycles. The Kier molecular flexibility index (Phi) is 8.64. The van der Waals surface area contributed by atoms with E-state index in [-0.39, 0.29) is 0 Å². The first-order valence-corrected chi connectivity index (χ1v) is 23.0. The number of fused-ring (bicyclic) bond motifs is 9. The van der Waals surface area contributed by atoms with Gasteiger partial charge in [0, 0.05) is 33.5 Å². The van der Waals surface area contributed by atoms with E-state index in [2.05, 4.69) is 181 Å². The smallest absolute Gasteiger partial charge is 0.0604 e. The van der Waals surface area contributed by atoms with Gasteiger partial charge in [0.2, 0.25) is 0 Å². The average Bonchev–Trinajstić information content (AvgIpc) is 3.85. The third-order valence-electron chi connectivity index (χ3n) is 15.1. The van der Waals surface area contributed by atoms with Gasteiger partial charge in [0.15, 0.2) is 0 Å². The molecule has 0 bridgehead atoms. The van der Waals surface area contributed by atoms with Crippen LogP contribution >= 0.6 is 11.8 Å². The summed E-state index contributed by atoms with van der Waals surface area (Å²) in [5, 5.41) is 1.83. The molecule has 2 heterocycles. The Morgan fingerprint density at radius 2 is 1.50 bits per heavy atom. The van der Waals surface area contributed by atoms with Crippen molar-refractivity contribution in [2.75, 3.05) is 0 Å². The van der Waals surface area contributed by atoms with Gasteiger partial charge in [-0.3, -0.25) is 0 Å². The van der Waals surface area contributed by atoms with E-state index in [9.17, 15) is 0 Å². The molecule has 3 aromatic carbocycles. The number of hydrogen-bond acceptors (Lipinski definition) is 1. The van der Waals surface area contributed by atoms with Crippen molar-refractivity contribution >= 4 is 40.0 Å². The molecule has 2 heteroatoms. The van der Waals surface area contributed by atoms with Crippen molar-refractivity contribution in [1.82, 2.24) is 4.57 Å². The largest absolute Gasteiger partial charge is 0.312 e. The van der Waals surface area contributed by atoms with Gasteiger partial charge in [-0.15, -0.1) is 11.8 Å². The van der Waals surface area contributed by atoms with E-state index in [1.807, 2.05) is 11.8 Å². The van der Waals surface area contributed by atoms with Crippen molar-refractivity contribution in [2.45, 2.75) is 54.6 Å². The number of aromatic nitrogens is 1. The molecule has 0 spiro atoms. The summed E-state index contributed by atoms with van der Waals surface area (Å²) in [4.78, 5) is 1.43. The van der Waals surface area contributed by atoms with Crippen molar-refractivity contribution < 1.29 is 0 Å².